The number of nitrogens with zero attached hydrogens (tertiary/aromatic N) is 1. The first-order valence-corrected chi connectivity index (χ1v) is 7.63. The Balaban J connectivity index is 2.04. The molecule has 1 heterocycles. The van der Waals surface area contributed by atoms with Crippen molar-refractivity contribution in [3.8, 4) is 0 Å². The maximum Gasteiger partial charge on any atom is 0.254 e. The minimum Gasteiger partial charge on any atom is -0.310 e. The molecule has 0 spiro atoms. The Bertz CT molecular complexity index is 651. The minimum absolute atomic E-state index is 0.0371. The lowest BCUT2D eigenvalue weighted by atomic mass is 9.82. The fourth-order valence-electron chi connectivity index (χ4n) is 2.75. The molecule has 1 N–H and O–H groups in total. The summed E-state index contributed by atoms with van der Waals surface area (Å²) in [6.07, 6.45) is 5.00. The Hall–Kier alpha value is -1.42. The molecule has 1 aromatic carbocycles. The Morgan fingerprint density at radius 2 is 2.21 bits per heavy atom. The molecular weight excluding hydrogens is 304 g/mol. The Kier molecular flexibility index (Phi) is 3.51. The smallest absolute Gasteiger partial charge is 0.254 e. The summed E-state index contributed by atoms with van der Waals surface area (Å²) in [6, 6.07) is 8.46. The van der Waals surface area contributed by atoms with Gasteiger partial charge in [-0.1, -0.05) is 40.2 Å². The predicted octanol–water partition coefficient (Wildman–Crippen LogP) is 3.13. The molecule has 1 atom stereocenters. The van der Waals surface area contributed by atoms with Crippen LogP contribution in [0.5, 0.6) is 0 Å². The topological polar surface area (TPSA) is 45.8 Å². The molecule has 1 unspecified atom stereocenters. The number of hydrogen-bond donors (Lipinski definition) is 1. The molecule has 1 aliphatic rings. The van der Waals surface area contributed by atoms with Crippen molar-refractivity contribution in [3.05, 3.63) is 63.3 Å². The number of H-pyrrole nitrogens is 1. The molecule has 1 aliphatic carbocycles. The lowest BCUT2D eigenvalue weighted by molar-refractivity contribution is 0.587. The summed E-state index contributed by atoms with van der Waals surface area (Å²) in [5.74, 6) is 1.02. The van der Waals surface area contributed by atoms with Crippen LogP contribution in [0.2, 0.25) is 0 Å². The molecule has 19 heavy (non-hydrogen) atoms. The molecule has 0 saturated carbocycles. The van der Waals surface area contributed by atoms with Crippen LogP contribution in [0.4, 0.5) is 0 Å². The van der Waals surface area contributed by atoms with Crippen LogP contribution >= 0.6 is 15.9 Å². The number of halogens is 1. The van der Waals surface area contributed by atoms with Gasteiger partial charge in [-0.15, -0.1) is 0 Å². The van der Waals surface area contributed by atoms with E-state index in [0.29, 0.717) is 10.9 Å². The van der Waals surface area contributed by atoms with E-state index in [-0.39, 0.29) is 11.5 Å². The highest BCUT2D eigenvalue weighted by Crippen LogP contribution is 2.34. The van der Waals surface area contributed by atoms with Crippen LogP contribution in [-0.2, 0) is 11.8 Å². The van der Waals surface area contributed by atoms with Crippen LogP contribution in [-0.4, -0.2) is 9.97 Å². The van der Waals surface area contributed by atoms with Gasteiger partial charge >= 0.3 is 0 Å². The third-order valence-corrected chi connectivity index (χ3v) is 4.34. The van der Waals surface area contributed by atoms with Gasteiger partial charge in [0.2, 0.25) is 0 Å². The van der Waals surface area contributed by atoms with E-state index in [1.165, 1.54) is 11.1 Å². The van der Waals surface area contributed by atoms with E-state index < -0.39 is 0 Å². The third-order valence-electron chi connectivity index (χ3n) is 3.74. The van der Waals surface area contributed by atoms with E-state index in [2.05, 4.69) is 50.2 Å². The number of fused-ring (bicyclic) bond motifs is 1. The van der Waals surface area contributed by atoms with E-state index in [0.717, 1.165) is 25.1 Å². The van der Waals surface area contributed by atoms with E-state index in [1.807, 2.05) is 0 Å². The molecule has 0 saturated heterocycles. The second-order valence-corrected chi connectivity index (χ2v) is 5.46. The van der Waals surface area contributed by atoms with Gasteiger partial charge in [0.25, 0.3) is 5.56 Å². The fraction of sp³-hybridized carbons (Fsp3) is 0.333. The Morgan fingerprint density at radius 3 is 3.00 bits per heavy atom. The average Bonchev–Trinajstić information content (AvgIpc) is 2.46. The summed E-state index contributed by atoms with van der Waals surface area (Å²) in [6.45, 7) is 0. The standard InChI is InChI=1S/C15H15BrN2O/c16-8-11-9-17-14(18-15(11)19)13-7-3-5-10-4-1-2-6-12(10)13/h1-2,4,6,9,13H,3,5,7-8H2,(H,17,18,19). The first-order chi connectivity index (χ1) is 9.29. The van der Waals surface area contributed by atoms with Crippen molar-refractivity contribution >= 4 is 15.9 Å². The highest BCUT2D eigenvalue weighted by molar-refractivity contribution is 9.08. The zero-order valence-electron chi connectivity index (χ0n) is 10.5. The maximum absolute atomic E-state index is 11.9. The summed E-state index contributed by atoms with van der Waals surface area (Å²) in [5, 5.41) is 0.539. The van der Waals surface area contributed by atoms with Crippen molar-refractivity contribution in [3.63, 3.8) is 0 Å². The van der Waals surface area contributed by atoms with Gasteiger partial charge < -0.3 is 4.98 Å². The van der Waals surface area contributed by atoms with E-state index >= 15 is 0 Å². The van der Waals surface area contributed by atoms with E-state index in [4.69, 9.17) is 0 Å². The summed E-state index contributed by atoms with van der Waals surface area (Å²) in [5.41, 5.74) is 3.33. The molecule has 4 heteroatoms. The van der Waals surface area contributed by atoms with Gasteiger partial charge in [0.1, 0.15) is 5.82 Å². The number of rotatable bonds is 2. The second kappa shape index (κ2) is 5.29. The minimum atomic E-state index is -0.0371. The molecule has 98 valence electrons. The largest absolute Gasteiger partial charge is 0.310 e. The quantitative estimate of drug-likeness (QED) is 0.865. The van der Waals surface area contributed by atoms with Crippen molar-refractivity contribution in [2.45, 2.75) is 30.5 Å². The highest BCUT2D eigenvalue weighted by Gasteiger charge is 2.23. The normalized spacial score (nSPS) is 18.1. The fourth-order valence-corrected chi connectivity index (χ4v) is 3.14. The first-order valence-electron chi connectivity index (χ1n) is 6.51. The summed E-state index contributed by atoms with van der Waals surface area (Å²) in [4.78, 5) is 19.3. The van der Waals surface area contributed by atoms with Crippen LogP contribution in [0.15, 0.2) is 35.3 Å². The molecule has 2 aromatic rings. The molecule has 3 rings (SSSR count). The molecule has 3 nitrogen and oxygen atoms in total. The second-order valence-electron chi connectivity index (χ2n) is 4.90. The van der Waals surface area contributed by atoms with Crippen molar-refractivity contribution < 1.29 is 0 Å². The monoisotopic (exact) mass is 318 g/mol. The Morgan fingerprint density at radius 1 is 1.37 bits per heavy atom. The van der Waals surface area contributed by atoms with Gasteiger partial charge in [-0.05, 0) is 30.4 Å². The van der Waals surface area contributed by atoms with Gasteiger partial charge in [0, 0.05) is 23.0 Å². The average molecular weight is 319 g/mol. The number of hydrogen-bond acceptors (Lipinski definition) is 2. The Labute approximate surface area is 120 Å². The van der Waals surface area contributed by atoms with Crippen molar-refractivity contribution in [2.24, 2.45) is 0 Å². The van der Waals surface area contributed by atoms with Crippen LogP contribution < -0.4 is 5.56 Å². The van der Waals surface area contributed by atoms with Crippen LogP contribution in [0.3, 0.4) is 0 Å². The van der Waals surface area contributed by atoms with Gasteiger partial charge in [0.15, 0.2) is 0 Å². The van der Waals surface area contributed by atoms with Gasteiger partial charge in [0.05, 0.1) is 0 Å². The third kappa shape index (κ3) is 2.37. The number of aryl methyl sites for hydroxylation is 1. The summed E-state index contributed by atoms with van der Waals surface area (Å²) in [7, 11) is 0. The van der Waals surface area contributed by atoms with Crippen molar-refractivity contribution in [2.75, 3.05) is 0 Å². The van der Waals surface area contributed by atoms with Crippen LogP contribution in [0.1, 0.15) is 41.3 Å². The van der Waals surface area contributed by atoms with E-state index in [1.54, 1.807) is 6.20 Å². The zero-order chi connectivity index (χ0) is 13.2. The van der Waals surface area contributed by atoms with Crippen LogP contribution in [0, 0.1) is 0 Å². The molecule has 0 fully saturated rings. The summed E-state index contributed by atoms with van der Waals surface area (Å²) >= 11 is 3.29. The van der Waals surface area contributed by atoms with E-state index in [9.17, 15) is 4.79 Å². The molecule has 0 aliphatic heterocycles. The molecule has 0 radical (unpaired) electrons. The molecule has 0 bridgehead atoms. The highest BCUT2D eigenvalue weighted by atomic mass is 79.9. The maximum atomic E-state index is 11.9. The molecular formula is C15H15BrN2O. The number of aromatic amines is 1. The number of benzene rings is 1. The number of aromatic nitrogens is 2. The lowest BCUT2D eigenvalue weighted by Gasteiger charge is -2.24. The molecule has 1 aromatic heterocycles. The van der Waals surface area contributed by atoms with Crippen molar-refractivity contribution in [1.82, 2.24) is 9.97 Å². The van der Waals surface area contributed by atoms with Crippen LogP contribution in [0.25, 0.3) is 0 Å². The summed E-state index contributed by atoms with van der Waals surface area (Å²) < 4.78 is 0. The number of nitrogens with one attached hydrogen (secondary N) is 1. The van der Waals surface area contributed by atoms with Gasteiger partial charge in [-0.25, -0.2) is 4.98 Å². The number of alkyl halides is 1. The van der Waals surface area contributed by atoms with Crippen molar-refractivity contribution in [1.29, 1.82) is 0 Å². The van der Waals surface area contributed by atoms with Gasteiger partial charge in [-0.3, -0.25) is 4.79 Å². The first kappa shape index (κ1) is 12.6. The SMILES string of the molecule is O=c1[nH]c(C2CCCc3ccccc32)ncc1CBr. The molecule has 0 amide bonds. The van der Waals surface area contributed by atoms with Gasteiger partial charge in [-0.2, -0.15) is 0 Å². The predicted molar refractivity (Wildman–Crippen MR) is 78.7 cm³/mol. The zero-order valence-corrected chi connectivity index (χ0v) is 12.1. The lowest BCUT2D eigenvalue weighted by Crippen LogP contribution is -2.20.